The van der Waals surface area contributed by atoms with E-state index in [1.54, 1.807) is 0 Å². The molecule has 0 aliphatic rings. The SMILES string of the molecule is CC(C)C(CO)N[CH2][Cr]. The molecule has 0 aliphatic carbocycles. The molecule has 0 rings (SSSR count). The number of hydrogen-bond acceptors (Lipinski definition) is 2. The van der Waals surface area contributed by atoms with Crippen molar-refractivity contribution in [2.45, 2.75) is 19.9 Å². The molecule has 0 heterocycles. The van der Waals surface area contributed by atoms with Gasteiger partial charge in [-0.2, -0.15) is 0 Å². The van der Waals surface area contributed by atoms with Crippen molar-refractivity contribution in [1.29, 1.82) is 0 Å². The van der Waals surface area contributed by atoms with E-state index in [1.807, 2.05) is 0 Å². The van der Waals surface area contributed by atoms with Gasteiger partial charge in [-0.25, -0.2) is 0 Å². The van der Waals surface area contributed by atoms with Crippen LogP contribution in [-0.4, -0.2) is 23.2 Å². The second kappa shape index (κ2) is 5.25. The van der Waals surface area contributed by atoms with Gasteiger partial charge in [0.1, 0.15) is 0 Å². The quantitative estimate of drug-likeness (QED) is 0.624. The van der Waals surface area contributed by atoms with Crippen LogP contribution in [0.15, 0.2) is 0 Å². The molecule has 0 saturated carbocycles. The van der Waals surface area contributed by atoms with Crippen LogP contribution < -0.4 is 5.32 Å². The molecule has 0 radical (unpaired) electrons. The van der Waals surface area contributed by atoms with Gasteiger partial charge in [0, 0.05) is 0 Å². The Kier molecular flexibility index (Phi) is 5.52. The number of rotatable bonds is 4. The van der Waals surface area contributed by atoms with Crippen molar-refractivity contribution in [3.8, 4) is 0 Å². The average Bonchev–Trinajstić information content (AvgIpc) is 1.82. The van der Waals surface area contributed by atoms with Crippen molar-refractivity contribution in [3.05, 3.63) is 0 Å². The Balaban J connectivity index is 3.41. The van der Waals surface area contributed by atoms with Gasteiger partial charge in [-0.3, -0.25) is 0 Å². The third-order valence-electron chi connectivity index (χ3n) is 1.35. The molecule has 1 atom stereocenters. The van der Waals surface area contributed by atoms with Crippen LogP contribution in [-0.2, 0) is 16.3 Å². The molecule has 0 spiro atoms. The Morgan fingerprint density at radius 3 is 2.22 bits per heavy atom. The van der Waals surface area contributed by atoms with Crippen LogP contribution in [0.25, 0.3) is 0 Å². The Bertz CT molecular complexity index is 68.1. The van der Waals surface area contributed by atoms with Gasteiger partial charge in [-0.05, 0) is 0 Å². The number of aliphatic hydroxyl groups excluding tert-OH is 1. The minimum absolute atomic E-state index is 0.222. The summed E-state index contributed by atoms with van der Waals surface area (Å²) in [5, 5.41) is 12.7. The zero-order valence-corrected chi connectivity index (χ0v) is 7.20. The first-order valence-electron chi connectivity index (χ1n) is 3.14. The van der Waals surface area contributed by atoms with Gasteiger partial charge in [-0.15, -0.1) is 0 Å². The van der Waals surface area contributed by atoms with E-state index in [0.717, 1.165) is 5.41 Å². The normalized spacial score (nSPS) is 14.2. The van der Waals surface area contributed by atoms with Gasteiger partial charge in [0.25, 0.3) is 0 Å². The molecule has 0 aliphatic heterocycles. The van der Waals surface area contributed by atoms with Crippen molar-refractivity contribution in [2.24, 2.45) is 5.92 Å². The van der Waals surface area contributed by atoms with Crippen LogP contribution in [0.5, 0.6) is 0 Å². The fourth-order valence-corrected chi connectivity index (χ4v) is 0.952. The van der Waals surface area contributed by atoms with Gasteiger partial charge in [-0.1, -0.05) is 0 Å². The van der Waals surface area contributed by atoms with E-state index in [9.17, 15) is 0 Å². The van der Waals surface area contributed by atoms with Crippen LogP contribution in [0.3, 0.4) is 0 Å². The zero-order chi connectivity index (χ0) is 7.28. The summed E-state index contributed by atoms with van der Waals surface area (Å²) in [6, 6.07) is 0.242. The second-order valence-electron chi connectivity index (χ2n) is 2.38. The summed E-state index contributed by atoms with van der Waals surface area (Å²) in [5.74, 6) is 0.503. The van der Waals surface area contributed by atoms with Crippen molar-refractivity contribution in [3.63, 3.8) is 0 Å². The topological polar surface area (TPSA) is 32.3 Å². The van der Waals surface area contributed by atoms with Crippen molar-refractivity contribution in [2.75, 3.05) is 12.0 Å². The minimum atomic E-state index is 0.222. The summed E-state index contributed by atoms with van der Waals surface area (Å²) in [6.07, 6.45) is 0. The molecule has 55 valence electrons. The standard InChI is InChI=1S/C6H14NO.Cr/c1-5(2)6(4-8)7-3;/h5-8H,3-4H2,1-2H3;. The Morgan fingerprint density at radius 2 is 2.11 bits per heavy atom. The van der Waals surface area contributed by atoms with Crippen LogP contribution in [0.2, 0.25) is 0 Å². The number of aliphatic hydroxyl groups is 1. The van der Waals surface area contributed by atoms with Crippen LogP contribution >= 0.6 is 0 Å². The Hall–Kier alpha value is 0.452. The second-order valence-corrected chi connectivity index (χ2v) is 2.83. The molecular formula is C6H14CrNO. The molecule has 0 aromatic carbocycles. The molecule has 1 unspecified atom stereocenters. The fraction of sp³-hybridized carbons (Fsp3) is 1.00. The third-order valence-corrected chi connectivity index (χ3v) is 1.61. The molecule has 3 heteroatoms. The predicted molar refractivity (Wildman–Crippen MR) is 33.7 cm³/mol. The first-order chi connectivity index (χ1) is 4.22. The first kappa shape index (κ1) is 9.45. The summed E-state index contributed by atoms with van der Waals surface area (Å²) in [6.45, 7) is 4.40. The van der Waals surface area contributed by atoms with E-state index < -0.39 is 0 Å². The maximum atomic E-state index is 8.75. The van der Waals surface area contributed by atoms with Crippen LogP contribution in [0.1, 0.15) is 13.8 Å². The molecule has 2 N–H and O–H groups in total. The zero-order valence-electron chi connectivity index (χ0n) is 5.92. The van der Waals surface area contributed by atoms with Gasteiger partial charge >= 0.3 is 64.5 Å². The Morgan fingerprint density at radius 1 is 1.56 bits per heavy atom. The first-order valence-corrected chi connectivity index (χ1v) is 4.04. The van der Waals surface area contributed by atoms with E-state index in [2.05, 4.69) is 35.5 Å². The van der Waals surface area contributed by atoms with Gasteiger partial charge in [0.15, 0.2) is 0 Å². The van der Waals surface area contributed by atoms with E-state index >= 15 is 0 Å². The van der Waals surface area contributed by atoms with Crippen molar-refractivity contribution < 1.29 is 21.4 Å². The van der Waals surface area contributed by atoms with E-state index in [4.69, 9.17) is 5.11 Å². The average molecular weight is 168 g/mol. The van der Waals surface area contributed by atoms with Gasteiger partial charge < -0.3 is 0 Å². The molecule has 9 heavy (non-hydrogen) atoms. The molecule has 0 bridgehead atoms. The van der Waals surface area contributed by atoms with Crippen molar-refractivity contribution >= 4 is 0 Å². The van der Waals surface area contributed by atoms with E-state index in [0.29, 0.717) is 5.92 Å². The molecule has 0 fully saturated rings. The maximum absolute atomic E-state index is 8.75. The molecule has 0 saturated heterocycles. The van der Waals surface area contributed by atoms with Crippen LogP contribution in [0, 0.1) is 5.92 Å². The summed E-state index contributed by atoms with van der Waals surface area (Å²) in [4.78, 5) is 0. The molecule has 0 aromatic rings. The summed E-state index contributed by atoms with van der Waals surface area (Å²) in [5.41, 5.74) is 0. The van der Waals surface area contributed by atoms with Crippen molar-refractivity contribution in [1.82, 2.24) is 5.32 Å². The predicted octanol–water partition coefficient (Wildman–Crippen LogP) is 0.0972. The molecule has 0 amide bonds. The van der Waals surface area contributed by atoms with E-state index in [-0.39, 0.29) is 12.6 Å². The molecular weight excluding hydrogens is 154 g/mol. The van der Waals surface area contributed by atoms with Gasteiger partial charge in [0.2, 0.25) is 0 Å². The molecule has 2 nitrogen and oxygen atoms in total. The fourth-order valence-electron chi connectivity index (χ4n) is 0.618. The number of nitrogens with one attached hydrogen (secondary N) is 1. The summed E-state index contributed by atoms with van der Waals surface area (Å²) < 4.78 is 0. The van der Waals surface area contributed by atoms with E-state index in [1.165, 1.54) is 0 Å². The van der Waals surface area contributed by atoms with Crippen LogP contribution in [0.4, 0.5) is 0 Å². The Labute approximate surface area is 65.1 Å². The monoisotopic (exact) mass is 168 g/mol. The molecule has 0 aromatic heterocycles. The third kappa shape index (κ3) is 3.94. The number of hydrogen-bond donors (Lipinski definition) is 2. The van der Waals surface area contributed by atoms with Gasteiger partial charge in [0.05, 0.1) is 0 Å². The summed E-state index contributed by atoms with van der Waals surface area (Å²) >= 11 is 2.84. The summed E-state index contributed by atoms with van der Waals surface area (Å²) in [7, 11) is 0.